The van der Waals surface area contributed by atoms with Gasteiger partial charge in [0.25, 0.3) is 0 Å². The number of para-hydroxylation sites is 1. The molecule has 0 amide bonds. The highest BCUT2D eigenvalue weighted by molar-refractivity contribution is 5.67. The molecule has 0 aliphatic carbocycles. The predicted molar refractivity (Wildman–Crippen MR) is 128 cm³/mol. The van der Waals surface area contributed by atoms with Crippen LogP contribution in [0.1, 0.15) is 47.6 Å². The summed E-state index contributed by atoms with van der Waals surface area (Å²) in [4.78, 5) is 10.8. The Morgan fingerprint density at radius 3 is 2.56 bits per heavy atom. The molecule has 2 N–H and O–H groups in total. The zero-order valence-corrected chi connectivity index (χ0v) is 18.2. The van der Waals surface area contributed by atoms with E-state index in [-0.39, 0.29) is 6.42 Å². The molecule has 0 heterocycles. The average molecular weight is 431 g/mol. The van der Waals surface area contributed by atoms with E-state index in [0.29, 0.717) is 19.4 Å². The van der Waals surface area contributed by atoms with Gasteiger partial charge in [-0.15, -0.1) is 0 Å². The van der Waals surface area contributed by atoms with Gasteiger partial charge in [0, 0.05) is 12.8 Å². The van der Waals surface area contributed by atoms with Crippen molar-refractivity contribution in [3.05, 3.63) is 107 Å². The number of rotatable bonds is 12. The summed E-state index contributed by atoms with van der Waals surface area (Å²) in [6.07, 6.45) is 6.55. The van der Waals surface area contributed by atoms with E-state index < -0.39 is 12.1 Å². The fraction of sp³-hybridized carbons (Fsp3) is 0.250. The average Bonchev–Trinajstić information content (AvgIpc) is 2.81. The Balaban J connectivity index is 1.45. The number of ether oxygens (including phenoxy) is 1. The highest BCUT2D eigenvalue weighted by atomic mass is 16.5. The number of hydrogen-bond acceptors (Lipinski definition) is 3. The zero-order valence-electron chi connectivity index (χ0n) is 18.2. The van der Waals surface area contributed by atoms with Gasteiger partial charge in [-0.1, -0.05) is 78.9 Å². The molecular formula is C28H30O4. The van der Waals surface area contributed by atoms with E-state index >= 15 is 0 Å². The van der Waals surface area contributed by atoms with Crippen molar-refractivity contribution in [2.75, 3.05) is 6.61 Å². The molecule has 32 heavy (non-hydrogen) atoms. The summed E-state index contributed by atoms with van der Waals surface area (Å²) in [6, 6.07) is 25.6. The molecule has 3 rings (SSSR count). The van der Waals surface area contributed by atoms with Crippen LogP contribution in [0.25, 0.3) is 6.08 Å². The third-order valence-electron chi connectivity index (χ3n) is 5.23. The molecule has 4 heteroatoms. The Labute approximate surface area is 189 Å². The number of unbranched alkanes of at least 4 members (excludes halogenated alkanes) is 1. The lowest BCUT2D eigenvalue weighted by atomic mass is 9.99. The van der Waals surface area contributed by atoms with Crippen molar-refractivity contribution in [2.24, 2.45) is 0 Å². The normalized spacial score (nSPS) is 12.0. The number of carboxylic acids is 1. The summed E-state index contributed by atoms with van der Waals surface area (Å²) in [6.45, 7) is 0.574. The number of aliphatic carboxylic acids is 1. The lowest BCUT2D eigenvalue weighted by Gasteiger charge is -2.12. The Kier molecular flexibility index (Phi) is 9.08. The Bertz CT molecular complexity index is 1010. The molecule has 0 aromatic heterocycles. The number of allylic oxidation sites excluding steroid dienone is 1. The molecule has 4 nitrogen and oxygen atoms in total. The molecule has 0 spiro atoms. The van der Waals surface area contributed by atoms with Gasteiger partial charge in [0.2, 0.25) is 0 Å². The third kappa shape index (κ3) is 7.71. The van der Waals surface area contributed by atoms with Gasteiger partial charge in [0.15, 0.2) is 0 Å². The predicted octanol–water partition coefficient (Wildman–Crippen LogP) is 5.85. The SMILES string of the molecule is O=C(O)CCc1ccccc1OCCC/C=C/c1cccc([C@@H](O)Cc2ccccc2)c1. The van der Waals surface area contributed by atoms with Crippen molar-refractivity contribution in [1.29, 1.82) is 0 Å². The lowest BCUT2D eigenvalue weighted by molar-refractivity contribution is -0.136. The summed E-state index contributed by atoms with van der Waals surface area (Å²) >= 11 is 0. The minimum absolute atomic E-state index is 0.0994. The molecule has 0 radical (unpaired) electrons. The van der Waals surface area contributed by atoms with Gasteiger partial charge in [-0.3, -0.25) is 4.79 Å². The second-order valence-corrected chi connectivity index (χ2v) is 7.77. The fourth-order valence-electron chi connectivity index (χ4n) is 3.52. The van der Waals surface area contributed by atoms with Crippen LogP contribution in [0.3, 0.4) is 0 Å². The van der Waals surface area contributed by atoms with E-state index in [4.69, 9.17) is 9.84 Å². The van der Waals surface area contributed by atoms with E-state index in [1.165, 1.54) is 0 Å². The van der Waals surface area contributed by atoms with Gasteiger partial charge in [-0.2, -0.15) is 0 Å². The summed E-state index contributed by atoms with van der Waals surface area (Å²) in [7, 11) is 0. The Morgan fingerprint density at radius 1 is 0.969 bits per heavy atom. The van der Waals surface area contributed by atoms with Crippen molar-refractivity contribution < 1.29 is 19.7 Å². The lowest BCUT2D eigenvalue weighted by Crippen LogP contribution is -2.02. The van der Waals surface area contributed by atoms with Gasteiger partial charge < -0.3 is 14.9 Å². The first-order valence-electron chi connectivity index (χ1n) is 11.0. The van der Waals surface area contributed by atoms with Crippen LogP contribution in [0.15, 0.2) is 84.9 Å². The van der Waals surface area contributed by atoms with Crippen molar-refractivity contribution in [3.63, 3.8) is 0 Å². The van der Waals surface area contributed by atoms with Gasteiger partial charge in [-0.05, 0) is 53.6 Å². The van der Waals surface area contributed by atoms with Crippen molar-refractivity contribution in [3.8, 4) is 5.75 Å². The maximum atomic E-state index is 10.8. The van der Waals surface area contributed by atoms with Crippen LogP contribution in [-0.2, 0) is 17.6 Å². The highest BCUT2D eigenvalue weighted by Gasteiger charge is 2.08. The number of carbonyl (C=O) groups is 1. The number of hydrogen-bond donors (Lipinski definition) is 2. The fourth-order valence-corrected chi connectivity index (χ4v) is 3.52. The molecule has 0 saturated heterocycles. The van der Waals surface area contributed by atoms with E-state index in [2.05, 4.69) is 12.2 Å². The van der Waals surface area contributed by atoms with Gasteiger partial charge in [0.1, 0.15) is 5.75 Å². The number of aliphatic hydroxyl groups is 1. The monoisotopic (exact) mass is 430 g/mol. The number of aryl methyl sites for hydroxylation is 1. The second-order valence-electron chi connectivity index (χ2n) is 7.77. The number of aliphatic hydroxyl groups excluding tert-OH is 1. The van der Waals surface area contributed by atoms with E-state index in [0.717, 1.165) is 40.8 Å². The summed E-state index contributed by atoms with van der Waals surface area (Å²) in [5.41, 5.74) is 4.02. The van der Waals surface area contributed by atoms with E-state index in [1.807, 2.05) is 78.9 Å². The van der Waals surface area contributed by atoms with Crippen molar-refractivity contribution in [2.45, 2.75) is 38.2 Å². The molecule has 0 fully saturated rings. The van der Waals surface area contributed by atoms with Crippen LogP contribution in [-0.4, -0.2) is 22.8 Å². The molecule has 1 atom stereocenters. The first-order valence-corrected chi connectivity index (χ1v) is 11.0. The molecule has 3 aromatic carbocycles. The summed E-state index contributed by atoms with van der Waals surface area (Å²) in [5.74, 6) is -0.0422. The van der Waals surface area contributed by atoms with Crippen LogP contribution in [0.4, 0.5) is 0 Å². The highest BCUT2D eigenvalue weighted by Crippen LogP contribution is 2.21. The van der Waals surface area contributed by atoms with Gasteiger partial charge in [0.05, 0.1) is 12.7 Å². The summed E-state index contributed by atoms with van der Waals surface area (Å²) in [5, 5.41) is 19.5. The minimum atomic E-state index is -0.804. The van der Waals surface area contributed by atoms with Crippen molar-refractivity contribution in [1.82, 2.24) is 0 Å². The largest absolute Gasteiger partial charge is 0.493 e. The zero-order chi connectivity index (χ0) is 22.6. The molecule has 0 aliphatic heterocycles. The second kappa shape index (κ2) is 12.5. The summed E-state index contributed by atoms with van der Waals surface area (Å²) < 4.78 is 5.87. The maximum Gasteiger partial charge on any atom is 0.303 e. The van der Waals surface area contributed by atoms with Gasteiger partial charge in [-0.25, -0.2) is 0 Å². The molecule has 3 aromatic rings. The van der Waals surface area contributed by atoms with Crippen LogP contribution in [0, 0.1) is 0 Å². The number of carboxylic acid groups (broad SMARTS) is 1. The maximum absolute atomic E-state index is 10.8. The molecule has 166 valence electrons. The molecule has 0 aliphatic rings. The van der Waals surface area contributed by atoms with Crippen molar-refractivity contribution >= 4 is 12.0 Å². The molecule has 0 bridgehead atoms. The topological polar surface area (TPSA) is 66.8 Å². The smallest absolute Gasteiger partial charge is 0.303 e. The minimum Gasteiger partial charge on any atom is -0.493 e. The first kappa shape index (κ1) is 23.3. The Morgan fingerprint density at radius 2 is 1.75 bits per heavy atom. The third-order valence-corrected chi connectivity index (χ3v) is 5.23. The van der Waals surface area contributed by atoms with Gasteiger partial charge >= 0.3 is 5.97 Å². The molecule has 0 saturated carbocycles. The molecule has 0 unspecified atom stereocenters. The van der Waals surface area contributed by atoms with Crippen LogP contribution < -0.4 is 4.74 Å². The Hall–Kier alpha value is -3.37. The van der Waals surface area contributed by atoms with E-state index in [9.17, 15) is 9.90 Å². The standard InChI is InChI=1S/C28H30O4/c29-26(21-23-11-3-1-4-12-23)25-15-9-13-22(20-25)10-5-2-8-19-32-27-16-7-6-14-24(27)17-18-28(30)31/h1,3-7,9-16,20,26,29H,2,8,17-19,21H2,(H,30,31)/b10-5+/t26-/m0/s1. The van der Waals surface area contributed by atoms with Crippen LogP contribution in [0.2, 0.25) is 0 Å². The van der Waals surface area contributed by atoms with E-state index in [1.54, 1.807) is 0 Å². The quantitative estimate of drug-likeness (QED) is 0.354. The first-order chi connectivity index (χ1) is 15.6. The van der Waals surface area contributed by atoms with Crippen LogP contribution in [0.5, 0.6) is 5.75 Å². The number of benzene rings is 3. The molecular weight excluding hydrogens is 400 g/mol. The van der Waals surface area contributed by atoms with Crippen LogP contribution >= 0.6 is 0 Å².